The Kier molecular flexibility index (Phi) is 4.52. The molecular formula is C8H10O9. The van der Waals surface area contributed by atoms with E-state index >= 15 is 0 Å². The van der Waals surface area contributed by atoms with Gasteiger partial charge in [0.25, 0.3) is 0 Å². The monoisotopic (exact) mass is 250 g/mol. The van der Waals surface area contributed by atoms with Gasteiger partial charge in [-0.2, -0.15) is 0 Å². The molecule has 2 aliphatic rings. The topological polar surface area (TPSA) is 129 Å². The van der Waals surface area contributed by atoms with E-state index in [1.54, 1.807) is 0 Å². The fraction of sp³-hybridized carbons (Fsp3) is 0.625. The second-order valence-corrected chi connectivity index (χ2v) is 2.99. The molecule has 2 saturated heterocycles. The van der Waals surface area contributed by atoms with Crippen LogP contribution in [0.15, 0.2) is 0 Å². The molecule has 96 valence electrons. The van der Waals surface area contributed by atoms with E-state index in [1.807, 2.05) is 0 Å². The van der Waals surface area contributed by atoms with Crippen LogP contribution in [-0.4, -0.2) is 60.5 Å². The van der Waals surface area contributed by atoms with Gasteiger partial charge in [-0.1, -0.05) is 0 Å². The van der Waals surface area contributed by atoms with Crippen molar-refractivity contribution in [2.45, 2.75) is 12.2 Å². The summed E-state index contributed by atoms with van der Waals surface area (Å²) in [6.45, 7) is -0.171. The molecule has 17 heavy (non-hydrogen) atoms. The lowest BCUT2D eigenvalue weighted by molar-refractivity contribution is -0.144. The maximum Gasteiger partial charge on any atom is 0.509 e. The molecule has 2 rings (SSSR count). The molecular weight excluding hydrogens is 240 g/mol. The van der Waals surface area contributed by atoms with Crippen LogP contribution < -0.4 is 0 Å². The highest BCUT2D eigenvalue weighted by Crippen LogP contribution is 2.05. The highest BCUT2D eigenvalue weighted by Gasteiger charge is 2.30. The van der Waals surface area contributed by atoms with Crippen molar-refractivity contribution in [3.63, 3.8) is 0 Å². The Hall–Kier alpha value is -2.03. The maximum atomic E-state index is 10.1. The minimum atomic E-state index is -1.18. The SMILES string of the molecule is O=C1OCC(C(=O)O)O1.O=C1OCC(CO)O1. The first kappa shape index (κ1) is 13.0. The van der Waals surface area contributed by atoms with Crippen molar-refractivity contribution in [2.24, 2.45) is 0 Å². The van der Waals surface area contributed by atoms with Crippen LogP contribution in [0.5, 0.6) is 0 Å². The van der Waals surface area contributed by atoms with Gasteiger partial charge in [-0.05, 0) is 0 Å². The minimum Gasteiger partial charge on any atom is -0.478 e. The minimum absolute atomic E-state index is 0.161. The maximum absolute atomic E-state index is 10.1. The number of aliphatic hydroxyl groups is 1. The number of rotatable bonds is 2. The molecule has 2 atom stereocenters. The smallest absolute Gasteiger partial charge is 0.478 e. The van der Waals surface area contributed by atoms with Crippen LogP contribution in [0.25, 0.3) is 0 Å². The summed E-state index contributed by atoms with van der Waals surface area (Å²) in [6, 6.07) is 0. The summed E-state index contributed by atoms with van der Waals surface area (Å²) in [5.41, 5.74) is 0. The van der Waals surface area contributed by atoms with Gasteiger partial charge in [0.2, 0.25) is 6.10 Å². The third-order valence-corrected chi connectivity index (χ3v) is 1.72. The summed E-state index contributed by atoms with van der Waals surface area (Å²) in [5, 5.41) is 16.5. The zero-order chi connectivity index (χ0) is 12.8. The zero-order valence-electron chi connectivity index (χ0n) is 8.53. The van der Waals surface area contributed by atoms with Crippen LogP contribution in [0, 0.1) is 0 Å². The molecule has 9 heteroatoms. The molecule has 0 spiro atoms. The van der Waals surface area contributed by atoms with Gasteiger partial charge in [-0.15, -0.1) is 0 Å². The summed E-state index contributed by atoms with van der Waals surface area (Å²) in [5.74, 6) is -1.18. The zero-order valence-corrected chi connectivity index (χ0v) is 8.53. The van der Waals surface area contributed by atoms with Crippen LogP contribution in [0.1, 0.15) is 0 Å². The second-order valence-electron chi connectivity index (χ2n) is 2.99. The molecule has 2 fully saturated rings. The van der Waals surface area contributed by atoms with Gasteiger partial charge in [0.15, 0.2) is 6.10 Å². The van der Waals surface area contributed by atoms with Crippen molar-refractivity contribution in [3.05, 3.63) is 0 Å². The highest BCUT2D eigenvalue weighted by atomic mass is 16.8. The predicted octanol–water partition coefficient (Wildman–Crippen LogP) is -0.880. The van der Waals surface area contributed by atoms with Gasteiger partial charge in [0, 0.05) is 0 Å². The largest absolute Gasteiger partial charge is 0.509 e. The Morgan fingerprint density at radius 3 is 2.00 bits per heavy atom. The highest BCUT2D eigenvalue weighted by molar-refractivity contribution is 5.77. The molecule has 2 N–H and O–H groups in total. The van der Waals surface area contributed by atoms with E-state index in [0.29, 0.717) is 0 Å². The van der Waals surface area contributed by atoms with E-state index in [4.69, 9.17) is 10.2 Å². The van der Waals surface area contributed by atoms with E-state index in [0.717, 1.165) is 0 Å². The third-order valence-electron chi connectivity index (χ3n) is 1.72. The first-order valence-corrected chi connectivity index (χ1v) is 4.53. The van der Waals surface area contributed by atoms with Gasteiger partial charge >= 0.3 is 18.3 Å². The second kappa shape index (κ2) is 5.89. The number of carbonyl (C=O) groups excluding carboxylic acids is 2. The quantitative estimate of drug-likeness (QED) is 0.600. The van der Waals surface area contributed by atoms with Gasteiger partial charge in [-0.3, -0.25) is 0 Å². The van der Waals surface area contributed by atoms with Crippen molar-refractivity contribution in [3.8, 4) is 0 Å². The Bertz CT molecular complexity index is 312. The standard InChI is InChI=1S/C4H4O5.C4H6O4/c5-3(6)2-1-8-4(7)9-2;5-1-3-2-7-4(6)8-3/h2H,1H2,(H,5,6);3,5H,1-2H2. The number of carboxylic acids is 1. The number of hydrogen-bond acceptors (Lipinski definition) is 8. The molecule has 0 radical (unpaired) electrons. The molecule has 2 heterocycles. The fourth-order valence-electron chi connectivity index (χ4n) is 0.905. The van der Waals surface area contributed by atoms with Crippen molar-refractivity contribution < 1.29 is 43.5 Å². The van der Waals surface area contributed by atoms with Crippen LogP contribution in [0.2, 0.25) is 0 Å². The number of aliphatic carboxylic acids is 1. The Morgan fingerprint density at radius 1 is 1.18 bits per heavy atom. The first-order valence-electron chi connectivity index (χ1n) is 4.53. The number of aliphatic hydroxyl groups excluding tert-OH is 1. The fourth-order valence-corrected chi connectivity index (χ4v) is 0.905. The summed E-state index contributed by atoms with van der Waals surface area (Å²) < 4.78 is 17.1. The summed E-state index contributed by atoms with van der Waals surface area (Å²) >= 11 is 0. The molecule has 0 aromatic rings. The Labute approximate surface area is 94.8 Å². The average Bonchev–Trinajstić information content (AvgIpc) is 2.88. The number of carbonyl (C=O) groups is 3. The number of ether oxygens (including phenoxy) is 4. The van der Waals surface area contributed by atoms with Crippen molar-refractivity contribution in [2.75, 3.05) is 19.8 Å². The summed E-state index contributed by atoms with van der Waals surface area (Å²) in [6.07, 6.45) is -3.16. The Balaban J connectivity index is 0.000000171. The molecule has 0 aromatic carbocycles. The average molecular weight is 250 g/mol. The molecule has 0 bridgehead atoms. The first-order chi connectivity index (χ1) is 8.02. The van der Waals surface area contributed by atoms with Crippen LogP contribution in [0.4, 0.5) is 9.59 Å². The number of hydrogen-bond donors (Lipinski definition) is 2. The van der Waals surface area contributed by atoms with Crippen molar-refractivity contribution in [1.82, 2.24) is 0 Å². The van der Waals surface area contributed by atoms with Gasteiger partial charge in [0.05, 0.1) is 6.61 Å². The molecule has 2 aliphatic heterocycles. The molecule has 2 unspecified atom stereocenters. The van der Waals surface area contributed by atoms with Crippen molar-refractivity contribution >= 4 is 18.3 Å². The van der Waals surface area contributed by atoms with E-state index in [1.165, 1.54) is 0 Å². The van der Waals surface area contributed by atoms with E-state index in [-0.39, 0.29) is 19.8 Å². The van der Waals surface area contributed by atoms with Gasteiger partial charge < -0.3 is 29.2 Å². The number of carboxylic acid groups (broad SMARTS) is 1. The van der Waals surface area contributed by atoms with Crippen LogP contribution in [0.3, 0.4) is 0 Å². The van der Waals surface area contributed by atoms with E-state index < -0.39 is 30.5 Å². The summed E-state index contributed by atoms with van der Waals surface area (Å²) in [4.78, 5) is 30.1. The van der Waals surface area contributed by atoms with Crippen molar-refractivity contribution in [1.29, 1.82) is 0 Å². The van der Waals surface area contributed by atoms with Crippen LogP contribution in [-0.2, 0) is 23.7 Å². The van der Waals surface area contributed by atoms with E-state index in [9.17, 15) is 14.4 Å². The predicted molar refractivity (Wildman–Crippen MR) is 47.2 cm³/mol. The lowest BCUT2D eigenvalue weighted by Gasteiger charge is -1.96. The van der Waals surface area contributed by atoms with Gasteiger partial charge in [-0.25, -0.2) is 14.4 Å². The Morgan fingerprint density at radius 2 is 1.76 bits per heavy atom. The number of cyclic esters (lactones) is 4. The van der Waals surface area contributed by atoms with Crippen LogP contribution >= 0.6 is 0 Å². The molecule has 0 saturated carbocycles. The molecule has 0 amide bonds. The van der Waals surface area contributed by atoms with Gasteiger partial charge in [0.1, 0.15) is 13.2 Å². The lowest BCUT2D eigenvalue weighted by atomic mass is 10.4. The molecule has 9 nitrogen and oxygen atoms in total. The lowest BCUT2D eigenvalue weighted by Crippen LogP contribution is -2.21. The summed E-state index contributed by atoms with van der Waals surface area (Å²) in [7, 11) is 0. The molecule has 0 aromatic heterocycles. The normalized spacial score (nSPS) is 25.9. The third kappa shape index (κ3) is 4.15. The molecule has 0 aliphatic carbocycles. The van der Waals surface area contributed by atoms with E-state index in [2.05, 4.69) is 18.9 Å².